The van der Waals surface area contributed by atoms with Crippen LogP contribution in [0.3, 0.4) is 0 Å². The molecule has 3 rings (SSSR count). The Labute approximate surface area is 121 Å². The molecule has 0 spiro atoms. The van der Waals surface area contributed by atoms with Crippen molar-refractivity contribution in [1.82, 2.24) is 5.32 Å². The first kappa shape index (κ1) is 13.6. The number of hydrogen-bond donors (Lipinski definition) is 2. The molecule has 0 aromatic heterocycles. The summed E-state index contributed by atoms with van der Waals surface area (Å²) in [6.07, 6.45) is 3.86. The number of rotatable bonds is 3. The number of carbonyl (C=O) groups is 1. The van der Waals surface area contributed by atoms with Crippen LogP contribution in [0.2, 0.25) is 0 Å². The van der Waals surface area contributed by atoms with Gasteiger partial charge in [0.15, 0.2) is 0 Å². The van der Waals surface area contributed by atoms with Gasteiger partial charge in [-0.05, 0) is 54.8 Å². The Bertz CT molecular complexity index is 536. The van der Waals surface area contributed by atoms with Gasteiger partial charge in [-0.3, -0.25) is 4.79 Å². The standard InChI is InChI=1S/C17H24N2O/c1-17(2)10-13(17)16(18-3)12-7-8-14-11(9-12)5-4-6-15(20)19-14/h7-9,13,16,18H,4-6,10H2,1-3H3,(H,19,20). The molecule has 2 unspecified atom stereocenters. The van der Waals surface area contributed by atoms with Crippen LogP contribution in [-0.4, -0.2) is 13.0 Å². The highest BCUT2D eigenvalue weighted by atomic mass is 16.1. The van der Waals surface area contributed by atoms with Crippen LogP contribution in [0, 0.1) is 11.3 Å². The molecule has 1 heterocycles. The Kier molecular flexibility index (Phi) is 3.33. The van der Waals surface area contributed by atoms with E-state index in [1.807, 2.05) is 7.05 Å². The van der Waals surface area contributed by atoms with Gasteiger partial charge in [0.25, 0.3) is 0 Å². The summed E-state index contributed by atoms with van der Waals surface area (Å²) in [5.74, 6) is 0.857. The Morgan fingerprint density at radius 3 is 2.75 bits per heavy atom. The third-order valence-corrected chi connectivity index (χ3v) is 4.92. The molecule has 2 N–H and O–H groups in total. The molecule has 3 heteroatoms. The summed E-state index contributed by atoms with van der Waals surface area (Å²) in [7, 11) is 2.05. The quantitative estimate of drug-likeness (QED) is 0.886. The van der Waals surface area contributed by atoms with E-state index in [2.05, 4.69) is 42.7 Å². The number of fused-ring (bicyclic) bond motifs is 1. The third kappa shape index (κ3) is 2.47. The number of aryl methyl sites for hydroxylation is 1. The number of hydrogen-bond acceptors (Lipinski definition) is 2. The number of nitrogens with one attached hydrogen (secondary N) is 2. The summed E-state index contributed by atoms with van der Waals surface area (Å²) in [6.45, 7) is 4.68. The van der Waals surface area contributed by atoms with Gasteiger partial charge in [-0.2, -0.15) is 0 Å². The van der Waals surface area contributed by atoms with Gasteiger partial charge in [-0.15, -0.1) is 0 Å². The van der Waals surface area contributed by atoms with E-state index >= 15 is 0 Å². The van der Waals surface area contributed by atoms with Gasteiger partial charge in [0.2, 0.25) is 5.91 Å². The first-order valence-corrected chi connectivity index (χ1v) is 7.61. The van der Waals surface area contributed by atoms with Crippen LogP contribution < -0.4 is 10.6 Å². The lowest BCUT2D eigenvalue weighted by atomic mass is 9.94. The molecule has 1 amide bonds. The fourth-order valence-corrected chi connectivity index (χ4v) is 3.47. The molecular formula is C17H24N2O. The second kappa shape index (κ2) is 4.88. The minimum Gasteiger partial charge on any atom is -0.326 e. The van der Waals surface area contributed by atoms with E-state index in [1.165, 1.54) is 17.5 Å². The molecular weight excluding hydrogens is 248 g/mol. The summed E-state index contributed by atoms with van der Waals surface area (Å²) in [5.41, 5.74) is 4.10. The Balaban J connectivity index is 1.88. The largest absolute Gasteiger partial charge is 0.326 e. The number of amides is 1. The first-order chi connectivity index (χ1) is 9.51. The summed E-state index contributed by atoms with van der Waals surface area (Å²) in [5, 5.41) is 6.49. The highest BCUT2D eigenvalue weighted by Crippen LogP contribution is 2.57. The number of carbonyl (C=O) groups excluding carboxylic acids is 1. The van der Waals surface area contributed by atoms with Crippen LogP contribution in [0.15, 0.2) is 18.2 Å². The van der Waals surface area contributed by atoms with E-state index in [1.54, 1.807) is 0 Å². The summed E-state index contributed by atoms with van der Waals surface area (Å²) < 4.78 is 0. The zero-order valence-electron chi connectivity index (χ0n) is 12.6. The van der Waals surface area contributed by atoms with Crippen LogP contribution in [0.25, 0.3) is 0 Å². The van der Waals surface area contributed by atoms with Crippen molar-refractivity contribution >= 4 is 11.6 Å². The van der Waals surface area contributed by atoms with Crippen molar-refractivity contribution in [2.45, 2.75) is 45.6 Å². The van der Waals surface area contributed by atoms with Crippen LogP contribution in [0.1, 0.15) is 50.3 Å². The molecule has 1 aromatic rings. The van der Waals surface area contributed by atoms with Crippen molar-refractivity contribution in [2.75, 3.05) is 12.4 Å². The molecule has 2 aliphatic rings. The molecule has 1 saturated carbocycles. The van der Waals surface area contributed by atoms with Gasteiger partial charge in [-0.1, -0.05) is 26.0 Å². The Morgan fingerprint density at radius 2 is 2.10 bits per heavy atom. The summed E-state index contributed by atoms with van der Waals surface area (Å²) >= 11 is 0. The van der Waals surface area contributed by atoms with Crippen molar-refractivity contribution in [3.05, 3.63) is 29.3 Å². The molecule has 1 aliphatic carbocycles. The number of anilines is 1. The second-order valence-electron chi connectivity index (χ2n) is 6.88. The van der Waals surface area contributed by atoms with Crippen LogP contribution >= 0.6 is 0 Å². The average molecular weight is 272 g/mol. The Morgan fingerprint density at radius 1 is 1.35 bits per heavy atom. The van der Waals surface area contributed by atoms with E-state index in [0.29, 0.717) is 23.8 Å². The maximum absolute atomic E-state index is 11.6. The third-order valence-electron chi connectivity index (χ3n) is 4.92. The summed E-state index contributed by atoms with van der Waals surface area (Å²) in [6, 6.07) is 6.96. The fourth-order valence-electron chi connectivity index (χ4n) is 3.47. The lowest BCUT2D eigenvalue weighted by Crippen LogP contribution is -2.21. The molecule has 1 fully saturated rings. The van der Waals surface area contributed by atoms with Gasteiger partial charge in [0, 0.05) is 18.2 Å². The minimum absolute atomic E-state index is 0.144. The molecule has 0 saturated heterocycles. The van der Waals surface area contributed by atoms with E-state index in [0.717, 1.165) is 18.5 Å². The smallest absolute Gasteiger partial charge is 0.224 e. The van der Waals surface area contributed by atoms with Crippen molar-refractivity contribution in [1.29, 1.82) is 0 Å². The van der Waals surface area contributed by atoms with Crippen LogP contribution in [-0.2, 0) is 11.2 Å². The predicted molar refractivity (Wildman–Crippen MR) is 81.7 cm³/mol. The van der Waals surface area contributed by atoms with E-state index in [-0.39, 0.29) is 5.91 Å². The van der Waals surface area contributed by atoms with Gasteiger partial charge >= 0.3 is 0 Å². The molecule has 3 nitrogen and oxygen atoms in total. The number of benzene rings is 1. The van der Waals surface area contributed by atoms with Gasteiger partial charge in [0.05, 0.1) is 0 Å². The molecule has 20 heavy (non-hydrogen) atoms. The monoisotopic (exact) mass is 272 g/mol. The lowest BCUT2D eigenvalue weighted by Gasteiger charge is -2.20. The average Bonchev–Trinajstić information content (AvgIpc) is 3.06. The zero-order chi connectivity index (χ0) is 14.3. The molecule has 1 aromatic carbocycles. The fraction of sp³-hybridized carbons (Fsp3) is 0.588. The first-order valence-electron chi connectivity index (χ1n) is 7.61. The second-order valence-corrected chi connectivity index (χ2v) is 6.88. The molecule has 108 valence electrons. The van der Waals surface area contributed by atoms with Gasteiger partial charge in [0.1, 0.15) is 0 Å². The van der Waals surface area contributed by atoms with Crippen molar-refractivity contribution in [3.8, 4) is 0 Å². The van der Waals surface area contributed by atoms with Gasteiger partial charge < -0.3 is 10.6 Å². The molecule has 2 atom stereocenters. The topological polar surface area (TPSA) is 41.1 Å². The highest BCUT2D eigenvalue weighted by Gasteiger charge is 2.50. The molecule has 1 aliphatic heterocycles. The Hall–Kier alpha value is -1.35. The van der Waals surface area contributed by atoms with Crippen LogP contribution in [0.4, 0.5) is 5.69 Å². The maximum Gasteiger partial charge on any atom is 0.224 e. The zero-order valence-corrected chi connectivity index (χ0v) is 12.6. The highest BCUT2D eigenvalue weighted by molar-refractivity contribution is 5.92. The molecule has 0 bridgehead atoms. The van der Waals surface area contributed by atoms with Crippen molar-refractivity contribution < 1.29 is 4.79 Å². The molecule has 0 radical (unpaired) electrons. The van der Waals surface area contributed by atoms with E-state index < -0.39 is 0 Å². The van der Waals surface area contributed by atoms with E-state index in [9.17, 15) is 4.79 Å². The predicted octanol–water partition coefficient (Wildman–Crippen LogP) is 3.27. The SMILES string of the molecule is CNC(c1ccc2c(c1)CCCC(=O)N2)C1CC1(C)C. The lowest BCUT2D eigenvalue weighted by molar-refractivity contribution is -0.116. The normalized spacial score (nSPS) is 25.4. The van der Waals surface area contributed by atoms with Crippen molar-refractivity contribution in [2.24, 2.45) is 11.3 Å². The maximum atomic E-state index is 11.6. The summed E-state index contributed by atoms with van der Waals surface area (Å²) in [4.78, 5) is 11.6. The van der Waals surface area contributed by atoms with E-state index in [4.69, 9.17) is 0 Å². The minimum atomic E-state index is 0.144. The van der Waals surface area contributed by atoms with Crippen molar-refractivity contribution in [3.63, 3.8) is 0 Å². The van der Waals surface area contributed by atoms with Crippen LogP contribution in [0.5, 0.6) is 0 Å². The van der Waals surface area contributed by atoms with Gasteiger partial charge in [-0.25, -0.2) is 0 Å².